The molecule has 2 N–H and O–H groups in total. The Kier molecular flexibility index (Phi) is 3.64. The fourth-order valence-corrected chi connectivity index (χ4v) is 2.19. The Bertz CT molecular complexity index is 488. The predicted octanol–water partition coefficient (Wildman–Crippen LogP) is 3.01. The molecule has 2 heteroatoms. The molecule has 1 atom stereocenters. The number of nitrogens with two attached hydrogens (primary N) is 1. The lowest BCUT2D eigenvalue weighted by Crippen LogP contribution is -2.30. The molecule has 0 aliphatic carbocycles. The van der Waals surface area contributed by atoms with Gasteiger partial charge < -0.3 is 10.6 Å². The molecular formula is C15H20N2. The highest BCUT2D eigenvalue weighted by Gasteiger charge is 2.11. The standard InChI is InChI=1S/C15H20N2/c1-12(10-11-16)17(2)15-9-5-7-13-6-3-4-8-14(13)15/h3-9,12H,10-11,16H2,1-2H3. The quantitative estimate of drug-likeness (QED) is 0.871. The van der Waals surface area contributed by atoms with Crippen molar-refractivity contribution in [2.45, 2.75) is 19.4 Å². The van der Waals surface area contributed by atoms with Gasteiger partial charge in [0, 0.05) is 24.2 Å². The van der Waals surface area contributed by atoms with Crippen LogP contribution in [0.25, 0.3) is 10.8 Å². The summed E-state index contributed by atoms with van der Waals surface area (Å²) in [7, 11) is 2.14. The third-order valence-corrected chi connectivity index (χ3v) is 3.39. The van der Waals surface area contributed by atoms with Crippen molar-refractivity contribution in [3.8, 4) is 0 Å². The van der Waals surface area contributed by atoms with Crippen LogP contribution < -0.4 is 10.6 Å². The van der Waals surface area contributed by atoms with E-state index in [2.05, 4.69) is 61.3 Å². The first kappa shape index (κ1) is 11.9. The molecule has 0 saturated heterocycles. The Morgan fingerprint density at radius 1 is 1.12 bits per heavy atom. The van der Waals surface area contributed by atoms with E-state index in [0.29, 0.717) is 6.04 Å². The molecule has 0 amide bonds. The van der Waals surface area contributed by atoms with Crippen molar-refractivity contribution < 1.29 is 0 Å². The van der Waals surface area contributed by atoms with Crippen LogP contribution in [0, 0.1) is 0 Å². The van der Waals surface area contributed by atoms with Crippen LogP contribution in [0.2, 0.25) is 0 Å². The monoisotopic (exact) mass is 228 g/mol. The molecule has 0 bridgehead atoms. The van der Waals surface area contributed by atoms with Crippen molar-refractivity contribution in [1.29, 1.82) is 0 Å². The molecule has 0 heterocycles. The molecule has 2 aromatic rings. The van der Waals surface area contributed by atoms with Crippen molar-refractivity contribution >= 4 is 16.5 Å². The highest BCUT2D eigenvalue weighted by molar-refractivity contribution is 5.94. The number of fused-ring (bicyclic) bond motifs is 1. The average Bonchev–Trinajstić information content (AvgIpc) is 2.37. The van der Waals surface area contributed by atoms with E-state index in [-0.39, 0.29) is 0 Å². The summed E-state index contributed by atoms with van der Waals surface area (Å²) in [5.74, 6) is 0. The molecule has 0 fully saturated rings. The van der Waals surface area contributed by atoms with Gasteiger partial charge in [-0.25, -0.2) is 0 Å². The molecule has 2 rings (SSSR count). The van der Waals surface area contributed by atoms with Gasteiger partial charge in [-0.05, 0) is 31.3 Å². The largest absolute Gasteiger partial charge is 0.371 e. The van der Waals surface area contributed by atoms with Crippen molar-refractivity contribution in [2.24, 2.45) is 5.73 Å². The van der Waals surface area contributed by atoms with Crippen molar-refractivity contribution in [1.82, 2.24) is 0 Å². The van der Waals surface area contributed by atoms with Crippen molar-refractivity contribution in [3.63, 3.8) is 0 Å². The van der Waals surface area contributed by atoms with E-state index < -0.39 is 0 Å². The molecule has 2 aromatic carbocycles. The summed E-state index contributed by atoms with van der Waals surface area (Å²) in [6, 6.07) is 15.4. The molecule has 1 unspecified atom stereocenters. The molecule has 17 heavy (non-hydrogen) atoms. The number of benzene rings is 2. The summed E-state index contributed by atoms with van der Waals surface area (Å²) in [5, 5.41) is 2.60. The highest BCUT2D eigenvalue weighted by Crippen LogP contribution is 2.27. The Morgan fingerprint density at radius 3 is 2.59 bits per heavy atom. The zero-order chi connectivity index (χ0) is 12.3. The van der Waals surface area contributed by atoms with E-state index in [9.17, 15) is 0 Å². The fraction of sp³-hybridized carbons (Fsp3) is 0.333. The second-order valence-electron chi connectivity index (χ2n) is 4.54. The smallest absolute Gasteiger partial charge is 0.0445 e. The van der Waals surface area contributed by atoms with Gasteiger partial charge in [0.25, 0.3) is 0 Å². The number of anilines is 1. The first-order chi connectivity index (χ1) is 8.24. The minimum atomic E-state index is 0.464. The zero-order valence-electron chi connectivity index (χ0n) is 10.6. The molecule has 0 spiro atoms. The van der Waals surface area contributed by atoms with E-state index in [4.69, 9.17) is 5.73 Å². The molecular weight excluding hydrogens is 208 g/mol. The highest BCUT2D eigenvalue weighted by atomic mass is 15.1. The number of hydrogen-bond acceptors (Lipinski definition) is 2. The Balaban J connectivity index is 2.41. The second kappa shape index (κ2) is 5.19. The number of hydrogen-bond donors (Lipinski definition) is 1. The lowest BCUT2D eigenvalue weighted by Gasteiger charge is -2.28. The Morgan fingerprint density at radius 2 is 1.82 bits per heavy atom. The van der Waals surface area contributed by atoms with Gasteiger partial charge in [0.15, 0.2) is 0 Å². The van der Waals surface area contributed by atoms with Crippen LogP contribution in [-0.2, 0) is 0 Å². The maximum absolute atomic E-state index is 5.63. The predicted molar refractivity (Wildman–Crippen MR) is 75.5 cm³/mol. The first-order valence-corrected chi connectivity index (χ1v) is 6.14. The third-order valence-electron chi connectivity index (χ3n) is 3.39. The maximum atomic E-state index is 5.63. The average molecular weight is 228 g/mol. The molecule has 0 radical (unpaired) electrons. The first-order valence-electron chi connectivity index (χ1n) is 6.14. The van der Waals surface area contributed by atoms with E-state index in [1.165, 1.54) is 16.5 Å². The van der Waals surface area contributed by atoms with E-state index in [1.54, 1.807) is 0 Å². The van der Waals surface area contributed by atoms with Gasteiger partial charge in [-0.15, -0.1) is 0 Å². The van der Waals surface area contributed by atoms with Crippen LogP contribution in [0.3, 0.4) is 0 Å². The van der Waals surface area contributed by atoms with E-state index in [1.807, 2.05) is 0 Å². The number of nitrogens with zero attached hydrogens (tertiary/aromatic N) is 1. The minimum absolute atomic E-state index is 0.464. The molecule has 0 aliphatic rings. The van der Waals surface area contributed by atoms with Crippen molar-refractivity contribution in [2.75, 3.05) is 18.5 Å². The molecule has 90 valence electrons. The summed E-state index contributed by atoms with van der Waals surface area (Å²) in [6.07, 6.45) is 1.01. The van der Waals surface area contributed by atoms with Crippen LogP contribution in [0.15, 0.2) is 42.5 Å². The van der Waals surface area contributed by atoms with Gasteiger partial charge in [-0.3, -0.25) is 0 Å². The van der Waals surface area contributed by atoms with Crippen LogP contribution in [0.4, 0.5) is 5.69 Å². The van der Waals surface area contributed by atoms with Gasteiger partial charge >= 0.3 is 0 Å². The van der Waals surface area contributed by atoms with Gasteiger partial charge in [0.05, 0.1) is 0 Å². The Hall–Kier alpha value is -1.54. The van der Waals surface area contributed by atoms with Gasteiger partial charge in [0.2, 0.25) is 0 Å². The maximum Gasteiger partial charge on any atom is 0.0445 e. The SMILES string of the molecule is CC(CCN)N(C)c1cccc2ccccc12. The normalized spacial score (nSPS) is 12.6. The molecule has 0 aromatic heterocycles. The van der Waals surface area contributed by atoms with Crippen LogP contribution >= 0.6 is 0 Å². The van der Waals surface area contributed by atoms with Crippen molar-refractivity contribution in [3.05, 3.63) is 42.5 Å². The topological polar surface area (TPSA) is 29.3 Å². The van der Waals surface area contributed by atoms with Crippen LogP contribution in [-0.4, -0.2) is 19.6 Å². The zero-order valence-corrected chi connectivity index (χ0v) is 10.6. The summed E-state index contributed by atoms with van der Waals surface area (Å²) < 4.78 is 0. The van der Waals surface area contributed by atoms with Gasteiger partial charge in [0.1, 0.15) is 0 Å². The fourth-order valence-electron chi connectivity index (χ4n) is 2.19. The summed E-state index contributed by atoms with van der Waals surface area (Å²) in [4.78, 5) is 2.31. The lowest BCUT2D eigenvalue weighted by molar-refractivity contribution is 0.636. The molecule has 0 saturated carbocycles. The van der Waals surface area contributed by atoms with Gasteiger partial charge in [-0.1, -0.05) is 36.4 Å². The minimum Gasteiger partial charge on any atom is -0.371 e. The third kappa shape index (κ3) is 2.42. The second-order valence-corrected chi connectivity index (χ2v) is 4.54. The molecule has 0 aliphatic heterocycles. The van der Waals surface area contributed by atoms with Gasteiger partial charge in [-0.2, -0.15) is 0 Å². The molecule has 2 nitrogen and oxygen atoms in total. The van der Waals surface area contributed by atoms with Crippen LogP contribution in [0.1, 0.15) is 13.3 Å². The van der Waals surface area contributed by atoms with Crippen LogP contribution in [0.5, 0.6) is 0 Å². The summed E-state index contributed by atoms with van der Waals surface area (Å²) in [6.45, 7) is 2.95. The van der Waals surface area contributed by atoms with E-state index >= 15 is 0 Å². The summed E-state index contributed by atoms with van der Waals surface area (Å²) in [5.41, 5.74) is 6.91. The summed E-state index contributed by atoms with van der Waals surface area (Å²) >= 11 is 0. The Labute approximate surface area is 103 Å². The van der Waals surface area contributed by atoms with E-state index in [0.717, 1.165) is 13.0 Å². The lowest BCUT2D eigenvalue weighted by atomic mass is 10.1. The number of rotatable bonds is 4.